The van der Waals surface area contributed by atoms with Crippen LogP contribution in [0.4, 0.5) is 5.82 Å². The number of amides is 1. The van der Waals surface area contributed by atoms with Crippen LogP contribution in [0.15, 0.2) is 56.2 Å². The van der Waals surface area contributed by atoms with Crippen LogP contribution in [-0.4, -0.2) is 11.1 Å². The topological polar surface area (TPSA) is 76.6 Å². The van der Waals surface area contributed by atoms with Crippen molar-refractivity contribution in [2.24, 2.45) is 0 Å². The first-order chi connectivity index (χ1) is 14.3. The number of carbonyl (C=O) groups is 1. The predicted molar refractivity (Wildman–Crippen MR) is 113 cm³/mol. The van der Waals surface area contributed by atoms with Crippen LogP contribution in [0.2, 0.25) is 5.02 Å². The summed E-state index contributed by atoms with van der Waals surface area (Å²) in [6.07, 6.45) is 0. The molecule has 1 aliphatic rings. The molecule has 0 spiro atoms. The number of aryl methyl sites for hydroxylation is 3. The van der Waals surface area contributed by atoms with Gasteiger partial charge >= 0.3 is 0 Å². The van der Waals surface area contributed by atoms with Crippen LogP contribution in [0, 0.1) is 20.8 Å². The van der Waals surface area contributed by atoms with Crippen molar-refractivity contribution in [3.8, 4) is 0 Å². The highest BCUT2D eigenvalue weighted by atomic mass is 35.5. The van der Waals surface area contributed by atoms with Gasteiger partial charge in [-0.15, -0.1) is 0 Å². The number of halogens is 1. The Bertz CT molecular complexity index is 1390. The highest BCUT2D eigenvalue weighted by Gasteiger charge is 2.44. The molecular formula is C23H17ClN2O4. The lowest BCUT2D eigenvalue weighted by atomic mass is 9.97. The molecule has 4 aromatic rings. The molecule has 30 heavy (non-hydrogen) atoms. The van der Waals surface area contributed by atoms with Crippen LogP contribution < -0.4 is 10.3 Å². The van der Waals surface area contributed by atoms with Crippen LogP contribution in [0.3, 0.4) is 0 Å². The first-order valence-electron chi connectivity index (χ1n) is 9.45. The summed E-state index contributed by atoms with van der Waals surface area (Å²) in [5.74, 6) is 0.464. The van der Waals surface area contributed by atoms with E-state index < -0.39 is 11.9 Å². The summed E-state index contributed by atoms with van der Waals surface area (Å²) in [5.41, 5.74) is 2.93. The first kappa shape index (κ1) is 18.6. The molecule has 0 saturated carbocycles. The Morgan fingerprint density at radius 1 is 1.03 bits per heavy atom. The molecule has 1 atom stereocenters. The highest BCUT2D eigenvalue weighted by molar-refractivity contribution is 6.32. The molecule has 7 heteroatoms. The Hall–Kier alpha value is -3.38. The zero-order valence-corrected chi connectivity index (χ0v) is 17.3. The number of benzene rings is 2. The molecule has 0 aliphatic carbocycles. The van der Waals surface area contributed by atoms with Gasteiger partial charge in [-0.2, -0.15) is 0 Å². The quantitative estimate of drug-likeness (QED) is 0.450. The third-order valence-electron chi connectivity index (χ3n) is 5.41. The minimum absolute atomic E-state index is 0.0143. The maximum Gasteiger partial charge on any atom is 0.296 e. The molecule has 2 aromatic heterocycles. The van der Waals surface area contributed by atoms with E-state index in [-0.39, 0.29) is 16.8 Å². The monoisotopic (exact) mass is 420 g/mol. The van der Waals surface area contributed by atoms with Crippen molar-refractivity contribution < 1.29 is 13.7 Å². The number of hydrogen-bond donors (Lipinski definition) is 0. The molecular weight excluding hydrogens is 404 g/mol. The molecule has 1 unspecified atom stereocenters. The summed E-state index contributed by atoms with van der Waals surface area (Å²) in [5, 5.41) is 4.83. The maximum atomic E-state index is 13.5. The number of rotatable bonds is 2. The van der Waals surface area contributed by atoms with Crippen LogP contribution in [0.25, 0.3) is 11.0 Å². The van der Waals surface area contributed by atoms with Crippen molar-refractivity contribution in [3.63, 3.8) is 0 Å². The molecule has 2 aromatic carbocycles. The molecule has 1 amide bonds. The minimum atomic E-state index is -0.682. The van der Waals surface area contributed by atoms with Gasteiger partial charge in [0.25, 0.3) is 5.91 Å². The van der Waals surface area contributed by atoms with Crippen molar-refractivity contribution in [2.75, 3.05) is 4.90 Å². The van der Waals surface area contributed by atoms with Gasteiger partial charge in [-0.05, 0) is 44.0 Å². The lowest BCUT2D eigenvalue weighted by molar-refractivity contribution is 0.0969. The zero-order valence-electron chi connectivity index (χ0n) is 16.5. The van der Waals surface area contributed by atoms with E-state index in [1.165, 1.54) is 4.90 Å². The number of hydrogen-bond acceptors (Lipinski definition) is 5. The van der Waals surface area contributed by atoms with E-state index >= 15 is 0 Å². The normalized spacial score (nSPS) is 15.8. The van der Waals surface area contributed by atoms with Gasteiger partial charge in [0.2, 0.25) is 5.76 Å². The van der Waals surface area contributed by atoms with Gasteiger partial charge in [-0.25, -0.2) is 0 Å². The Morgan fingerprint density at radius 2 is 1.77 bits per heavy atom. The summed E-state index contributed by atoms with van der Waals surface area (Å²) >= 11 is 6.26. The predicted octanol–water partition coefficient (Wildman–Crippen LogP) is 5.11. The minimum Gasteiger partial charge on any atom is -0.450 e. The second kappa shape index (κ2) is 6.57. The largest absolute Gasteiger partial charge is 0.450 e. The van der Waals surface area contributed by atoms with Crippen LogP contribution in [-0.2, 0) is 0 Å². The molecule has 0 fully saturated rings. The third kappa shape index (κ3) is 2.68. The van der Waals surface area contributed by atoms with Gasteiger partial charge < -0.3 is 8.94 Å². The van der Waals surface area contributed by atoms with Gasteiger partial charge in [0.1, 0.15) is 11.3 Å². The molecule has 150 valence electrons. The fraction of sp³-hybridized carbons (Fsp3) is 0.174. The van der Waals surface area contributed by atoms with E-state index in [1.807, 2.05) is 38.1 Å². The number of anilines is 1. The fourth-order valence-electron chi connectivity index (χ4n) is 3.86. The maximum absolute atomic E-state index is 13.5. The molecule has 6 nitrogen and oxygen atoms in total. The summed E-state index contributed by atoms with van der Waals surface area (Å²) in [4.78, 5) is 28.4. The van der Waals surface area contributed by atoms with Gasteiger partial charge in [-0.3, -0.25) is 14.5 Å². The Labute approximate surface area is 176 Å². The third-order valence-corrected chi connectivity index (χ3v) is 5.81. The van der Waals surface area contributed by atoms with Crippen molar-refractivity contribution in [1.29, 1.82) is 0 Å². The van der Waals surface area contributed by atoms with E-state index in [1.54, 1.807) is 25.1 Å². The summed E-state index contributed by atoms with van der Waals surface area (Å²) in [6.45, 7) is 5.53. The molecule has 3 heterocycles. The standard InChI is InChI=1S/C23H17ClN2O4/c1-11-4-6-14(7-5-11)20-19-21(27)15-10-16(24)12(2)8-17(15)29-22(19)23(28)26(20)18-9-13(3)30-25-18/h4-10,20H,1-3H3. The van der Waals surface area contributed by atoms with Crippen molar-refractivity contribution in [1.82, 2.24) is 5.16 Å². The number of carbonyl (C=O) groups excluding carboxylic acids is 1. The number of aromatic nitrogens is 1. The Balaban J connectivity index is 1.83. The molecule has 1 aliphatic heterocycles. The van der Waals surface area contributed by atoms with E-state index in [4.69, 9.17) is 20.5 Å². The lowest BCUT2D eigenvalue weighted by Crippen LogP contribution is -2.29. The van der Waals surface area contributed by atoms with Crippen LogP contribution >= 0.6 is 11.6 Å². The summed E-state index contributed by atoms with van der Waals surface area (Å²) in [6, 6.07) is 11.9. The molecule has 5 rings (SSSR count). The molecule has 0 bridgehead atoms. The highest BCUT2D eigenvalue weighted by Crippen LogP contribution is 2.41. The number of fused-ring (bicyclic) bond motifs is 2. The Kier molecular flexibility index (Phi) is 4.08. The fourth-order valence-corrected chi connectivity index (χ4v) is 4.02. The van der Waals surface area contributed by atoms with E-state index in [0.717, 1.165) is 16.7 Å². The van der Waals surface area contributed by atoms with Crippen molar-refractivity contribution in [2.45, 2.75) is 26.8 Å². The van der Waals surface area contributed by atoms with Crippen molar-refractivity contribution in [3.05, 3.63) is 91.5 Å². The second-order valence-electron chi connectivity index (χ2n) is 7.56. The van der Waals surface area contributed by atoms with E-state index in [0.29, 0.717) is 27.6 Å². The first-order valence-corrected chi connectivity index (χ1v) is 9.83. The average Bonchev–Trinajstić information content (AvgIpc) is 3.26. The van der Waals surface area contributed by atoms with Crippen LogP contribution in [0.1, 0.15) is 44.6 Å². The second-order valence-corrected chi connectivity index (χ2v) is 7.96. The number of nitrogens with zero attached hydrogens (tertiary/aromatic N) is 2. The molecule has 0 radical (unpaired) electrons. The lowest BCUT2D eigenvalue weighted by Gasteiger charge is -2.22. The van der Waals surface area contributed by atoms with E-state index in [9.17, 15) is 9.59 Å². The van der Waals surface area contributed by atoms with Crippen molar-refractivity contribution >= 4 is 34.3 Å². The van der Waals surface area contributed by atoms with Gasteiger partial charge in [0.15, 0.2) is 11.2 Å². The summed E-state index contributed by atoms with van der Waals surface area (Å²) < 4.78 is 11.2. The van der Waals surface area contributed by atoms with Gasteiger partial charge in [0, 0.05) is 11.1 Å². The zero-order chi connectivity index (χ0) is 21.2. The SMILES string of the molecule is Cc1ccc(C2c3c(oc4cc(C)c(Cl)cc4c3=O)C(=O)N2c2cc(C)on2)cc1. The van der Waals surface area contributed by atoms with Gasteiger partial charge in [-0.1, -0.05) is 46.6 Å². The molecule has 0 saturated heterocycles. The van der Waals surface area contributed by atoms with Gasteiger partial charge in [0.05, 0.1) is 17.0 Å². The van der Waals surface area contributed by atoms with E-state index in [2.05, 4.69) is 5.16 Å². The summed E-state index contributed by atoms with van der Waals surface area (Å²) in [7, 11) is 0. The molecule has 0 N–H and O–H groups in total. The average molecular weight is 421 g/mol. The smallest absolute Gasteiger partial charge is 0.296 e. The van der Waals surface area contributed by atoms with Crippen LogP contribution in [0.5, 0.6) is 0 Å². The Morgan fingerprint density at radius 3 is 2.43 bits per heavy atom.